The summed E-state index contributed by atoms with van der Waals surface area (Å²) in [6.07, 6.45) is 4.70. The lowest BCUT2D eigenvalue weighted by Crippen LogP contribution is -2.14. The Kier molecular flexibility index (Phi) is 4.25. The molecular formula is C22H18N4OS. The van der Waals surface area contributed by atoms with Crippen molar-refractivity contribution in [3.05, 3.63) is 83.1 Å². The average Bonchev–Trinajstić information content (AvgIpc) is 3.47. The molecule has 0 bridgehead atoms. The molecule has 0 fully saturated rings. The summed E-state index contributed by atoms with van der Waals surface area (Å²) >= 11 is 1.60. The molecule has 2 heterocycles. The Morgan fingerprint density at radius 3 is 2.61 bits per heavy atom. The number of amides is 1. The maximum atomic E-state index is 12.9. The molecule has 1 N–H and O–H groups in total. The summed E-state index contributed by atoms with van der Waals surface area (Å²) in [6.45, 7) is 0. The van der Waals surface area contributed by atoms with Crippen LogP contribution >= 0.6 is 11.3 Å². The van der Waals surface area contributed by atoms with Gasteiger partial charge in [0.25, 0.3) is 5.91 Å². The third kappa shape index (κ3) is 3.01. The number of anilines is 1. The molecule has 2 aromatic heterocycles. The molecule has 0 saturated carbocycles. The molecule has 0 atom stereocenters. The fourth-order valence-corrected chi connectivity index (χ4v) is 4.30. The van der Waals surface area contributed by atoms with E-state index in [2.05, 4.69) is 15.4 Å². The van der Waals surface area contributed by atoms with Gasteiger partial charge in [-0.25, -0.2) is 9.67 Å². The first-order valence-corrected chi connectivity index (χ1v) is 10.1. The summed E-state index contributed by atoms with van der Waals surface area (Å²) in [5, 5.41) is 10.6. The molecule has 1 amide bonds. The van der Waals surface area contributed by atoms with Crippen LogP contribution in [0.15, 0.2) is 66.2 Å². The zero-order valence-electron chi connectivity index (χ0n) is 15.1. The van der Waals surface area contributed by atoms with Crippen molar-refractivity contribution in [3.63, 3.8) is 0 Å². The van der Waals surface area contributed by atoms with Gasteiger partial charge in [-0.1, -0.05) is 18.2 Å². The van der Waals surface area contributed by atoms with Crippen LogP contribution < -0.4 is 5.32 Å². The van der Waals surface area contributed by atoms with Crippen molar-refractivity contribution < 1.29 is 4.79 Å². The van der Waals surface area contributed by atoms with Gasteiger partial charge in [-0.3, -0.25) is 4.79 Å². The number of thiazole rings is 1. The molecule has 28 heavy (non-hydrogen) atoms. The van der Waals surface area contributed by atoms with Gasteiger partial charge in [0.2, 0.25) is 0 Å². The molecule has 0 unspecified atom stereocenters. The van der Waals surface area contributed by atoms with Crippen molar-refractivity contribution in [2.24, 2.45) is 0 Å². The van der Waals surface area contributed by atoms with Crippen LogP contribution in [-0.4, -0.2) is 20.7 Å². The summed E-state index contributed by atoms with van der Waals surface area (Å²) in [5.41, 5.74) is 5.54. The number of rotatable bonds is 4. The molecule has 0 saturated heterocycles. The van der Waals surface area contributed by atoms with Crippen molar-refractivity contribution in [2.75, 3.05) is 5.32 Å². The molecule has 4 aromatic rings. The van der Waals surface area contributed by atoms with Crippen LogP contribution in [0.1, 0.15) is 28.2 Å². The van der Waals surface area contributed by atoms with Crippen LogP contribution in [0, 0.1) is 0 Å². The van der Waals surface area contributed by atoms with E-state index in [1.807, 2.05) is 64.7 Å². The molecule has 6 heteroatoms. The van der Waals surface area contributed by atoms with Crippen molar-refractivity contribution in [3.8, 4) is 16.3 Å². The Morgan fingerprint density at radius 2 is 1.86 bits per heavy atom. The van der Waals surface area contributed by atoms with Crippen molar-refractivity contribution in [1.82, 2.24) is 14.8 Å². The van der Waals surface area contributed by atoms with Crippen LogP contribution in [0.2, 0.25) is 0 Å². The van der Waals surface area contributed by atoms with Gasteiger partial charge >= 0.3 is 0 Å². The van der Waals surface area contributed by atoms with E-state index < -0.39 is 0 Å². The number of para-hydroxylation sites is 1. The normalized spacial score (nSPS) is 12.7. The maximum absolute atomic E-state index is 12.9. The Morgan fingerprint density at radius 1 is 1.04 bits per heavy atom. The summed E-state index contributed by atoms with van der Waals surface area (Å²) in [5.74, 6) is -0.158. The number of nitrogens with zero attached hydrogens (tertiary/aromatic N) is 3. The molecule has 138 valence electrons. The van der Waals surface area contributed by atoms with Gasteiger partial charge in [-0.05, 0) is 55.7 Å². The molecule has 5 nitrogen and oxygen atoms in total. The zero-order valence-corrected chi connectivity index (χ0v) is 15.9. The van der Waals surface area contributed by atoms with E-state index in [0.717, 1.165) is 52.5 Å². The van der Waals surface area contributed by atoms with E-state index >= 15 is 0 Å². The summed E-state index contributed by atoms with van der Waals surface area (Å²) < 4.78 is 1.92. The molecule has 2 aromatic carbocycles. The van der Waals surface area contributed by atoms with Crippen LogP contribution in [0.5, 0.6) is 0 Å². The smallest absolute Gasteiger partial charge is 0.276 e. The van der Waals surface area contributed by atoms with Gasteiger partial charge in [-0.15, -0.1) is 11.3 Å². The van der Waals surface area contributed by atoms with Gasteiger partial charge < -0.3 is 5.32 Å². The third-order valence-corrected chi connectivity index (χ3v) is 5.79. The van der Waals surface area contributed by atoms with Crippen molar-refractivity contribution in [1.29, 1.82) is 0 Å². The highest BCUT2D eigenvalue weighted by Crippen LogP contribution is 2.29. The Hall–Kier alpha value is -3.25. The predicted octanol–water partition coefficient (Wildman–Crippen LogP) is 4.74. The van der Waals surface area contributed by atoms with E-state index in [1.54, 1.807) is 17.5 Å². The highest BCUT2D eigenvalue weighted by atomic mass is 32.1. The fourth-order valence-electron chi connectivity index (χ4n) is 3.65. The second-order valence-electron chi connectivity index (χ2n) is 6.74. The van der Waals surface area contributed by atoms with Crippen molar-refractivity contribution in [2.45, 2.75) is 19.3 Å². The third-order valence-electron chi connectivity index (χ3n) is 4.97. The summed E-state index contributed by atoms with van der Waals surface area (Å²) in [6, 6.07) is 17.8. The van der Waals surface area contributed by atoms with E-state index in [9.17, 15) is 4.79 Å². The minimum Gasteiger partial charge on any atom is -0.321 e. The maximum Gasteiger partial charge on any atom is 0.276 e. The Balaban J connectivity index is 1.42. The highest BCUT2D eigenvalue weighted by molar-refractivity contribution is 7.13. The quantitative estimate of drug-likeness (QED) is 0.551. The second kappa shape index (κ2) is 7.05. The lowest BCUT2D eigenvalue weighted by Gasteiger charge is -2.06. The van der Waals surface area contributed by atoms with Gasteiger partial charge in [0.05, 0.1) is 5.69 Å². The Bertz CT molecular complexity index is 1120. The molecule has 0 radical (unpaired) electrons. The van der Waals surface area contributed by atoms with Crippen LogP contribution in [-0.2, 0) is 12.8 Å². The first kappa shape index (κ1) is 16.9. The van der Waals surface area contributed by atoms with E-state index in [-0.39, 0.29) is 5.91 Å². The Labute approximate surface area is 166 Å². The minimum atomic E-state index is -0.158. The minimum absolute atomic E-state index is 0.158. The lowest BCUT2D eigenvalue weighted by molar-refractivity contribution is 0.102. The summed E-state index contributed by atoms with van der Waals surface area (Å²) in [7, 11) is 0. The second-order valence-corrected chi connectivity index (χ2v) is 7.64. The zero-order chi connectivity index (χ0) is 18.9. The van der Waals surface area contributed by atoms with Gasteiger partial charge in [0.15, 0.2) is 5.69 Å². The number of nitrogens with one attached hydrogen (secondary N) is 1. The van der Waals surface area contributed by atoms with Crippen LogP contribution in [0.25, 0.3) is 16.3 Å². The molecule has 5 rings (SSSR count). The largest absolute Gasteiger partial charge is 0.321 e. The van der Waals surface area contributed by atoms with Gasteiger partial charge in [-0.2, -0.15) is 5.10 Å². The standard InChI is InChI=1S/C22H18N4OS/c27-21(24-16-11-9-15(10-12-16)22-23-13-14-28-22)20-18-7-4-8-19(18)26(25-20)17-5-2-1-3-6-17/h1-3,5-6,9-14H,4,7-8H2,(H,24,27). The van der Waals surface area contributed by atoms with E-state index in [0.29, 0.717) is 5.69 Å². The molecule has 1 aliphatic carbocycles. The molecule has 0 spiro atoms. The number of hydrogen-bond donors (Lipinski definition) is 1. The first-order valence-electron chi connectivity index (χ1n) is 9.27. The van der Waals surface area contributed by atoms with Crippen LogP contribution in [0.3, 0.4) is 0 Å². The first-order chi connectivity index (χ1) is 13.8. The number of fused-ring (bicyclic) bond motifs is 1. The SMILES string of the molecule is O=C(Nc1ccc(-c2nccs2)cc1)c1nn(-c2ccccc2)c2c1CCC2. The van der Waals surface area contributed by atoms with Crippen molar-refractivity contribution >= 4 is 22.9 Å². The number of benzene rings is 2. The number of carbonyl (C=O) groups is 1. The number of aromatic nitrogens is 3. The monoisotopic (exact) mass is 386 g/mol. The number of hydrogen-bond acceptors (Lipinski definition) is 4. The van der Waals surface area contributed by atoms with E-state index in [4.69, 9.17) is 0 Å². The van der Waals surface area contributed by atoms with E-state index in [1.165, 1.54) is 0 Å². The molecule has 0 aliphatic heterocycles. The summed E-state index contributed by atoms with van der Waals surface area (Å²) in [4.78, 5) is 17.2. The number of carbonyl (C=O) groups excluding carboxylic acids is 1. The molecule has 1 aliphatic rings. The van der Waals surface area contributed by atoms with Gasteiger partial charge in [0, 0.05) is 34.1 Å². The topological polar surface area (TPSA) is 59.8 Å². The fraction of sp³-hybridized carbons (Fsp3) is 0.136. The highest BCUT2D eigenvalue weighted by Gasteiger charge is 2.27. The average molecular weight is 386 g/mol. The van der Waals surface area contributed by atoms with Gasteiger partial charge in [0.1, 0.15) is 5.01 Å². The van der Waals surface area contributed by atoms with Crippen LogP contribution in [0.4, 0.5) is 5.69 Å². The lowest BCUT2D eigenvalue weighted by atomic mass is 10.1. The molecular weight excluding hydrogens is 368 g/mol. The predicted molar refractivity (Wildman–Crippen MR) is 111 cm³/mol.